The van der Waals surface area contributed by atoms with Crippen LogP contribution in [0.2, 0.25) is 0 Å². The van der Waals surface area contributed by atoms with Gasteiger partial charge in [-0.25, -0.2) is 18.0 Å². The van der Waals surface area contributed by atoms with Gasteiger partial charge >= 0.3 is 5.97 Å². The summed E-state index contributed by atoms with van der Waals surface area (Å²) in [4.78, 5) is 27.0. The quantitative estimate of drug-likeness (QED) is 0.526. The summed E-state index contributed by atoms with van der Waals surface area (Å²) < 4.78 is 61.4. The molecule has 0 spiro atoms. The van der Waals surface area contributed by atoms with Gasteiger partial charge in [0, 0.05) is 36.2 Å². The van der Waals surface area contributed by atoms with E-state index in [2.05, 4.69) is 9.72 Å². The van der Waals surface area contributed by atoms with Gasteiger partial charge in [-0.2, -0.15) is 4.39 Å². The number of methoxy groups -OCH3 is 1. The number of alkyl halides is 2. The van der Waals surface area contributed by atoms with Crippen molar-refractivity contribution in [3.8, 4) is 5.75 Å². The number of carbonyl (C=O) groups excluding carboxylic acids is 1. The lowest BCUT2D eigenvalue weighted by Crippen LogP contribution is -2.29. The Bertz CT molecular complexity index is 974. The molecule has 0 amide bonds. The molecular formula is C22H25F4NO4. The number of ether oxygens (including phenoxy) is 2. The first-order valence-corrected chi connectivity index (χ1v) is 9.86. The predicted octanol–water partition coefficient (Wildman–Crippen LogP) is 5.13. The number of hydrogen-bond acceptors (Lipinski definition) is 4. The standard InChI is InChI=1S/C15H19F2NO3.C7H6F2O/c1-3-21-14(20)12-11(19)7-9(2)18-13(12)10-5-4-6-15(16,17)8-10;1-10-6-4-2-3-5(8)7(6)9/h7,10H,3-6,8H2,1-2H3,(H,18,19);2-4H,1H3/t10-;/m0./s1. The molecule has 0 bridgehead atoms. The summed E-state index contributed by atoms with van der Waals surface area (Å²) in [6.45, 7) is 3.43. The fourth-order valence-corrected chi connectivity index (χ4v) is 3.49. The van der Waals surface area contributed by atoms with Crippen LogP contribution in [0, 0.1) is 18.6 Å². The summed E-state index contributed by atoms with van der Waals surface area (Å²) >= 11 is 0. The highest BCUT2D eigenvalue weighted by Crippen LogP contribution is 2.41. The highest BCUT2D eigenvalue weighted by molar-refractivity contribution is 5.90. The van der Waals surface area contributed by atoms with Crippen LogP contribution in [-0.2, 0) is 4.74 Å². The third kappa shape index (κ3) is 6.32. The fraction of sp³-hybridized carbons (Fsp3) is 0.455. The second-order valence-corrected chi connectivity index (χ2v) is 7.23. The van der Waals surface area contributed by atoms with E-state index in [1.807, 2.05) is 0 Å². The van der Waals surface area contributed by atoms with Crippen molar-refractivity contribution in [2.75, 3.05) is 13.7 Å². The Kier molecular flexibility index (Phi) is 8.24. The molecule has 0 radical (unpaired) electrons. The summed E-state index contributed by atoms with van der Waals surface area (Å²) in [6, 6.07) is 5.07. The molecular weight excluding hydrogens is 418 g/mol. The number of carbonyl (C=O) groups is 1. The molecule has 0 aliphatic heterocycles. The van der Waals surface area contributed by atoms with E-state index >= 15 is 0 Å². The molecule has 5 nitrogen and oxygen atoms in total. The van der Waals surface area contributed by atoms with E-state index in [1.54, 1.807) is 13.8 Å². The first-order valence-electron chi connectivity index (χ1n) is 9.86. The number of halogens is 4. The van der Waals surface area contributed by atoms with E-state index in [4.69, 9.17) is 4.74 Å². The van der Waals surface area contributed by atoms with Gasteiger partial charge in [-0.1, -0.05) is 6.07 Å². The number of aromatic amines is 1. The molecule has 1 fully saturated rings. The molecule has 1 aliphatic carbocycles. The summed E-state index contributed by atoms with van der Waals surface area (Å²) in [5.74, 6) is -5.93. The van der Waals surface area contributed by atoms with Crippen LogP contribution in [0.1, 0.15) is 60.3 Å². The molecule has 1 aromatic heterocycles. The number of esters is 1. The molecule has 1 N–H and O–H groups in total. The van der Waals surface area contributed by atoms with E-state index in [0.717, 1.165) is 6.07 Å². The lowest BCUT2D eigenvalue weighted by molar-refractivity contribution is -0.0414. The maximum absolute atomic E-state index is 13.6. The van der Waals surface area contributed by atoms with Crippen molar-refractivity contribution in [3.63, 3.8) is 0 Å². The SMILES string of the molecule is CCOC(=O)c1c([C@H]2CCCC(F)(F)C2)[nH]c(C)cc1=O.COc1cccc(F)c1F. The number of H-pyrrole nitrogens is 1. The lowest BCUT2D eigenvalue weighted by atomic mass is 9.82. The third-order valence-electron chi connectivity index (χ3n) is 4.86. The van der Waals surface area contributed by atoms with E-state index in [-0.39, 0.29) is 36.5 Å². The van der Waals surface area contributed by atoms with Crippen LogP contribution >= 0.6 is 0 Å². The molecule has 3 rings (SSSR count). The van der Waals surface area contributed by atoms with Crippen molar-refractivity contribution in [2.45, 2.75) is 51.4 Å². The molecule has 1 atom stereocenters. The maximum Gasteiger partial charge on any atom is 0.343 e. The Labute approximate surface area is 177 Å². The van der Waals surface area contributed by atoms with Gasteiger partial charge < -0.3 is 14.5 Å². The molecule has 0 saturated heterocycles. The van der Waals surface area contributed by atoms with Crippen molar-refractivity contribution in [1.29, 1.82) is 0 Å². The number of pyridine rings is 1. The monoisotopic (exact) mass is 443 g/mol. The molecule has 1 saturated carbocycles. The van der Waals surface area contributed by atoms with Gasteiger partial charge in [0.05, 0.1) is 13.7 Å². The lowest BCUT2D eigenvalue weighted by Gasteiger charge is -2.29. The Morgan fingerprint density at radius 1 is 1.29 bits per heavy atom. The molecule has 1 aliphatic rings. The summed E-state index contributed by atoms with van der Waals surface area (Å²) in [6.07, 6.45) is 0.407. The zero-order chi connectivity index (χ0) is 23.2. The van der Waals surface area contributed by atoms with Crippen LogP contribution in [0.5, 0.6) is 5.75 Å². The zero-order valence-corrected chi connectivity index (χ0v) is 17.6. The first-order chi connectivity index (χ1) is 14.6. The average Bonchev–Trinajstić information content (AvgIpc) is 2.69. The Morgan fingerprint density at radius 2 is 2.00 bits per heavy atom. The molecule has 170 valence electrons. The number of aryl methyl sites for hydroxylation is 1. The van der Waals surface area contributed by atoms with Gasteiger partial charge in [0.15, 0.2) is 17.0 Å². The van der Waals surface area contributed by atoms with Crippen molar-refractivity contribution >= 4 is 5.97 Å². The van der Waals surface area contributed by atoms with Gasteiger partial charge in [-0.05, 0) is 38.8 Å². The second-order valence-electron chi connectivity index (χ2n) is 7.23. The fourth-order valence-electron chi connectivity index (χ4n) is 3.49. The van der Waals surface area contributed by atoms with E-state index in [9.17, 15) is 27.2 Å². The maximum atomic E-state index is 13.6. The summed E-state index contributed by atoms with van der Waals surface area (Å²) in [5.41, 5.74) is 0.230. The topological polar surface area (TPSA) is 68.4 Å². The third-order valence-corrected chi connectivity index (χ3v) is 4.86. The van der Waals surface area contributed by atoms with Gasteiger partial charge in [-0.15, -0.1) is 0 Å². The Morgan fingerprint density at radius 3 is 2.58 bits per heavy atom. The second kappa shape index (κ2) is 10.5. The van der Waals surface area contributed by atoms with Crippen molar-refractivity contribution < 1.29 is 31.8 Å². The van der Waals surface area contributed by atoms with Crippen LogP contribution < -0.4 is 10.2 Å². The van der Waals surface area contributed by atoms with Gasteiger partial charge in [0.2, 0.25) is 11.7 Å². The minimum Gasteiger partial charge on any atom is -0.494 e. The average molecular weight is 443 g/mol. The molecule has 0 unspecified atom stereocenters. The molecule has 31 heavy (non-hydrogen) atoms. The molecule has 9 heteroatoms. The van der Waals surface area contributed by atoms with Crippen molar-refractivity contribution in [1.82, 2.24) is 4.98 Å². The van der Waals surface area contributed by atoms with Gasteiger partial charge in [0.1, 0.15) is 5.56 Å². The molecule has 2 aromatic rings. The summed E-state index contributed by atoms with van der Waals surface area (Å²) in [5, 5.41) is 0. The van der Waals surface area contributed by atoms with E-state index in [0.29, 0.717) is 18.5 Å². The van der Waals surface area contributed by atoms with Gasteiger partial charge in [-0.3, -0.25) is 4.79 Å². The van der Waals surface area contributed by atoms with Crippen LogP contribution in [0.3, 0.4) is 0 Å². The minimum atomic E-state index is -2.75. The zero-order valence-electron chi connectivity index (χ0n) is 17.6. The predicted molar refractivity (Wildman–Crippen MR) is 107 cm³/mol. The van der Waals surface area contributed by atoms with Gasteiger partial charge in [0.25, 0.3) is 0 Å². The van der Waals surface area contributed by atoms with Crippen molar-refractivity contribution in [3.05, 3.63) is 63.1 Å². The van der Waals surface area contributed by atoms with Crippen molar-refractivity contribution in [2.24, 2.45) is 0 Å². The minimum absolute atomic E-state index is 0.0694. The van der Waals surface area contributed by atoms with Crippen LogP contribution in [-0.4, -0.2) is 30.6 Å². The smallest absolute Gasteiger partial charge is 0.343 e. The Balaban J connectivity index is 0.000000285. The largest absolute Gasteiger partial charge is 0.494 e. The van der Waals surface area contributed by atoms with E-state index in [1.165, 1.54) is 25.3 Å². The van der Waals surface area contributed by atoms with Crippen LogP contribution in [0.4, 0.5) is 17.6 Å². The van der Waals surface area contributed by atoms with E-state index < -0.39 is 34.9 Å². The number of aromatic nitrogens is 1. The van der Waals surface area contributed by atoms with Crippen LogP contribution in [0.25, 0.3) is 0 Å². The normalized spacial score (nSPS) is 17.3. The first kappa shape index (κ1) is 24.4. The number of hydrogen-bond donors (Lipinski definition) is 1. The Hall–Kier alpha value is -2.84. The number of benzene rings is 1. The summed E-state index contributed by atoms with van der Waals surface area (Å²) in [7, 11) is 1.29. The highest BCUT2D eigenvalue weighted by Gasteiger charge is 2.39. The molecule has 1 heterocycles. The number of rotatable bonds is 4. The highest BCUT2D eigenvalue weighted by atomic mass is 19.3. The number of nitrogens with one attached hydrogen (secondary N) is 1. The van der Waals surface area contributed by atoms with Crippen LogP contribution in [0.15, 0.2) is 29.1 Å². The molecule has 1 aromatic carbocycles.